The number of pyridine rings is 2. The van der Waals surface area contributed by atoms with Gasteiger partial charge in [-0.05, 0) is 54.3 Å². The Labute approximate surface area is 220 Å². The first-order valence-electron chi connectivity index (χ1n) is 12.1. The summed E-state index contributed by atoms with van der Waals surface area (Å²) in [5.41, 5.74) is -1.12. The topological polar surface area (TPSA) is 72.8 Å². The molecule has 206 valence electrons. The van der Waals surface area contributed by atoms with Crippen LogP contribution in [0.25, 0.3) is 22.4 Å². The van der Waals surface area contributed by atoms with Crippen LogP contribution < -0.4 is 5.32 Å². The lowest BCUT2D eigenvalue weighted by Crippen LogP contribution is -2.12. The Bertz CT molecular complexity index is 1420. The first-order chi connectivity index (χ1) is 18.4. The van der Waals surface area contributed by atoms with Gasteiger partial charge in [0.1, 0.15) is 18.1 Å². The molecule has 4 rings (SSSR count). The maximum atomic E-state index is 13.6. The number of hydrogen-bond donors (Lipinski definition) is 1. The standard InChI is InChI=1S/C27H25F6N5O/c1-16(2)14-39-15-22-37-24(35-13-11-17-5-7-18(8-6-17)26(28,29)30)19-9-10-21(36-25(19)38-22)23-20(27(31,32)33)4-3-12-34-23/h3-10,12,16H,11,13-15H2,1-2H3,(H,35,36,37,38). The molecule has 0 atom stereocenters. The van der Waals surface area contributed by atoms with Crippen LogP contribution in [0.15, 0.2) is 54.7 Å². The van der Waals surface area contributed by atoms with E-state index >= 15 is 0 Å². The number of anilines is 1. The lowest BCUT2D eigenvalue weighted by Gasteiger charge is -2.14. The molecule has 0 saturated heterocycles. The number of aromatic nitrogens is 4. The van der Waals surface area contributed by atoms with E-state index in [9.17, 15) is 26.3 Å². The van der Waals surface area contributed by atoms with E-state index in [1.54, 1.807) is 6.07 Å². The molecule has 0 radical (unpaired) electrons. The van der Waals surface area contributed by atoms with E-state index in [0.29, 0.717) is 36.3 Å². The van der Waals surface area contributed by atoms with Gasteiger partial charge in [-0.2, -0.15) is 26.3 Å². The number of nitrogens with one attached hydrogen (secondary N) is 1. The molecule has 12 heteroatoms. The van der Waals surface area contributed by atoms with Gasteiger partial charge in [-0.1, -0.05) is 26.0 Å². The molecule has 0 amide bonds. The van der Waals surface area contributed by atoms with Gasteiger partial charge in [0.25, 0.3) is 0 Å². The first-order valence-corrected chi connectivity index (χ1v) is 12.1. The summed E-state index contributed by atoms with van der Waals surface area (Å²) < 4.78 is 84.8. The van der Waals surface area contributed by atoms with Crippen molar-refractivity contribution in [3.8, 4) is 11.4 Å². The Kier molecular flexibility index (Phi) is 8.34. The summed E-state index contributed by atoms with van der Waals surface area (Å²) in [7, 11) is 0. The number of fused-ring (bicyclic) bond motifs is 1. The monoisotopic (exact) mass is 549 g/mol. The summed E-state index contributed by atoms with van der Waals surface area (Å²) in [6.45, 7) is 4.80. The van der Waals surface area contributed by atoms with Gasteiger partial charge in [0.2, 0.25) is 0 Å². The smallest absolute Gasteiger partial charge is 0.373 e. The number of benzene rings is 1. The molecule has 1 N–H and O–H groups in total. The number of hydrogen-bond acceptors (Lipinski definition) is 6. The van der Waals surface area contributed by atoms with E-state index in [4.69, 9.17) is 4.74 Å². The van der Waals surface area contributed by atoms with Gasteiger partial charge in [0, 0.05) is 19.3 Å². The van der Waals surface area contributed by atoms with Crippen molar-refractivity contribution in [2.45, 2.75) is 39.2 Å². The first kappa shape index (κ1) is 28.2. The molecule has 0 aliphatic rings. The zero-order valence-electron chi connectivity index (χ0n) is 21.1. The second kappa shape index (κ2) is 11.5. The van der Waals surface area contributed by atoms with Crippen LogP contribution in [0, 0.1) is 5.92 Å². The molecule has 1 aromatic carbocycles. The van der Waals surface area contributed by atoms with Crippen molar-refractivity contribution < 1.29 is 31.1 Å². The summed E-state index contributed by atoms with van der Waals surface area (Å²) in [5, 5.41) is 3.61. The van der Waals surface area contributed by atoms with Crippen molar-refractivity contribution in [1.82, 2.24) is 19.9 Å². The lowest BCUT2D eigenvalue weighted by molar-refractivity contribution is -0.138. The van der Waals surface area contributed by atoms with Crippen molar-refractivity contribution >= 4 is 16.9 Å². The van der Waals surface area contributed by atoms with Gasteiger partial charge >= 0.3 is 12.4 Å². The predicted molar refractivity (Wildman–Crippen MR) is 134 cm³/mol. The maximum Gasteiger partial charge on any atom is 0.418 e. The minimum Gasteiger partial charge on any atom is -0.373 e. The van der Waals surface area contributed by atoms with Crippen molar-refractivity contribution in [3.05, 3.63) is 77.2 Å². The van der Waals surface area contributed by atoms with Crippen molar-refractivity contribution in [2.24, 2.45) is 5.92 Å². The third kappa shape index (κ3) is 7.20. The summed E-state index contributed by atoms with van der Waals surface area (Å²) in [5.74, 6) is 0.925. The molecule has 0 unspecified atom stereocenters. The number of ether oxygens (including phenoxy) is 1. The van der Waals surface area contributed by atoms with E-state index in [1.165, 1.54) is 30.5 Å². The fraction of sp³-hybridized carbons (Fsp3) is 0.333. The largest absolute Gasteiger partial charge is 0.418 e. The van der Waals surface area contributed by atoms with Gasteiger partial charge in [0.05, 0.1) is 22.2 Å². The number of alkyl halides is 6. The summed E-state index contributed by atoms with van der Waals surface area (Å²) in [4.78, 5) is 17.2. The molecule has 4 aromatic rings. The van der Waals surface area contributed by atoms with Crippen LogP contribution in [-0.2, 0) is 30.1 Å². The second-order valence-electron chi connectivity index (χ2n) is 9.23. The minimum atomic E-state index is -4.62. The molecule has 3 aromatic heterocycles. The maximum absolute atomic E-state index is 13.6. The third-order valence-corrected chi connectivity index (χ3v) is 5.63. The Morgan fingerprint density at radius 1 is 0.872 bits per heavy atom. The average molecular weight is 550 g/mol. The highest BCUT2D eigenvalue weighted by Crippen LogP contribution is 2.36. The molecular formula is C27H25F6N5O. The van der Waals surface area contributed by atoms with Crippen molar-refractivity contribution in [3.63, 3.8) is 0 Å². The Morgan fingerprint density at radius 2 is 1.62 bits per heavy atom. The van der Waals surface area contributed by atoms with Crippen molar-refractivity contribution in [1.29, 1.82) is 0 Å². The van der Waals surface area contributed by atoms with Crippen LogP contribution in [0.1, 0.15) is 36.4 Å². The highest BCUT2D eigenvalue weighted by Gasteiger charge is 2.34. The highest BCUT2D eigenvalue weighted by atomic mass is 19.4. The van der Waals surface area contributed by atoms with Crippen LogP contribution in [0.3, 0.4) is 0 Å². The molecular weight excluding hydrogens is 524 g/mol. The Morgan fingerprint density at radius 3 is 2.28 bits per heavy atom. The van der Waals surface area contributed by atoms with Gasteiger partial charge in [-0.15, -0.1) is 0 Å². The quantitative estimate of drug-likeness (QED) is 0.228. The average Bonchev–Trinajstić information content (AvgIpc) is 2.87. The second-order valence-corrected chi connectivity index (χ2v) is 9.23. The molecule has 39 heavy (non-hydrogen) atoms. The van der Waals surface area contributed by atoms with Gasteiger partial charge < -0.3 is 10.1 Å². The minimum absolute atomic E-state index is 0.00104. The fourth-order valence-corrected chi connectivity index (χ4v) is 3.80. The number of nitrogens with zero attached hydrogens (tertiary/aromatic N) is 4. The Hall–Kier alpha value is -3.80. The van der Waals surface area contributed by atoms with Crippen LogP contribution >= 0.6 is 0 Å². The van der Waals surface area contributed by atoms with E-state index in [0.717, 1.165) is 18.2 Å². The normalized spacial score (nSPS) is 12.3. The number of halogens is 6. The van der Waals surface area contributed by atoms with E-state index in [-0.39, 0.29) is 35.4 Å². The molecule has 0 spiro atoms. The third-order valence-electron chi connectivity index (χ3n) is 5.63. The molecule has 0 fully saturated rings. The predicted octanol–water partition coefficient (Wildman–Crippen LogP) is 6.95. The SMILES string of the molecule is CC(C)COCc1nc(NCCc2ccc(C(F)(F)F)cc2)c2ccc(-c3ncccc3C(F)(F)F)nc2n1. The molecule has 0 saturated carbocycles. The molecule has 0 aliphatic carbocycles. The van der Waals surface area contributed by atoms with Crippen LogP contribution in [0.4, 0.5) is 32.2 Å². The summed E-state index contributed by atoms with van der Waals surface area (Å²) in [6, 6.07) is 9.99. The number of rotatable bonds is 9. The summed E-state index contributed by atoms with van der Waals surface area (Å²) in [6.07, 6.45) is -7.37. The molecule has 0 aliphatic heterocycles. The highest BCUT2D eigenvalue weighted by molar-refractivity contribution is 5.88. The zero-order valence-corrected chi connectivity index (χ0v) is 21.1. The summed E-state index contributed by atoms with van der Waals surface area (Å²) >= 11 is 0. The van der Waals surface area contributed by atoms with E-state index < -0.39 is 23.5 Å². The zero-order chi connectivity index (χ0) is 28.2. The molecule has 6 nitrogen and oxygen atoms in total. The lowest BCUT2D eigenvalue weighted by atomic mass is 10.1. The van der Waals surface area contributed by atoms with Gasteiger partial charge in [-0.25, -0.2) is 15.0 Å². The fourth-order valence-electron chi connectivity index (χ4n) is 3.80. The van der Waals surface area contributed by atoms with Crippen LogP contribution in [0.5, 0.6) is 0 Å². The van der Waals surface area contributed by atoms with E-state index in [1.807, 2.05) is 13.8 Å². The van der Waals surface area contributed by atoms with Crippen molar-refractivity contribution in [2.75, 3.05) is 18.5 Å². The molecule has 0 bridgehead atoms. The van der Waals surface area contributed by atoms with E-state index in [2.05, 4.69) is 25.3 Å². The van der Waals surface area contributed by atoms with Crippen LogP contribution in [-0.4, -0.2) is 33.1 Å². The Balaban J connectivity index is 1.63. The van der Waals surface area contributed by atoms with Gasteiger partial charge in [-0.3, -0.25) is 4.98 Å². The van der Waals surface area contributed by atoms with Crippen LogP contribution in [0.2, 0.25) is 0 Å². The van der Waals surface area contributed by atoms with Gasteiger partial charge in [0.15, 0.2) is 11.5 Å². The molecule has 3 heterocycles.